The van der Waals surface area contributed by atoms with Crippen molar-refractivity contribution in [3.05, 3.63) is 29.8 Å². The highest BCUT2D eigenvalue weighted by Gasteiger charge is 2.04. The molecule has 0 heterocycles. The molecule has 0 aliphatic carbocycles. The molecule has 0 aliphatic rings. The van der Waals surface area contributed by atoms with Gasteiger partial charge < -0.3 is 15.8 Å². The third-order valence-electron chi connectivity index (χ3n) is 2.80. The van der Waals surface area contributed by atoms with E-state index in [4.69, 9.17) is 10.5 Å². The molecule has 124 valence electrons. The number of esters is 1. The molecule has 22 heavy (non-hydrogen) atoms. The van der Waals surface area contributed by atoms with Crippen molar-refractivity contribution in [3.63, 3.8) is 0 Å². The molecule has 0 atom stereocenters. The Morgan fingerprint density at radius 3 is 2.77 bits per heavy atom. The second kappa shape index (κ2) is 11.3. The second-order valence-corrected chi connectivity index (χ2v) is 5.09. The zero-order valence-electron chi connectivity index (χ0n) is 13.5. The lowest BCUT2D eigenvalue weighted by Crippen LogP contribution is -2.23. The molecule has 0 bridgehead atoms. The summed E-state index contributed by atoms with van der Waals surface area (Å²) in [6, 6.07) is 8.04. The summed E-state index contributed by atoms with van der Waals surface area (Å²) >= 11 is 0. The zero-order chi connectivity index (χ0) is 15.7. The number of halogens is 1. The molecule has 1 aromatic rings. The molecule has 3 N–H and O–H groups in total. The summed E-state index contributed by atoms with van der Waals surface area (Å²) in [6.07, 6.45) is 1.90. The van der Waals surface area contributed by atoms with Gasteiger partial charge in [0.15, 0.2) is 5.96 Å². The third kappa shape index (κ3) is 8.86. The number of hydrogen-bond acceptors (Lipinski definition) is 3. The van der Waals surface area contributed by atoms with E-state index in [1.807, 2.05) is 32.0 Å². The first kappa shape index (κ1) is 20.7. The molecular weight excluding hydrogens is 393 g/mol. The Morgan fingerprint density at radius 1 is 1.41 bits per heavy atom. The Bertz CT molecular complexity index is 490. The van der Waals surface area contributed by atoms with E-state index in [1.165, 1.54) is 5.56 Å². The fourth-order valence-electron chi connectivity index (χ4n) is 1.80. The number of ether oxygens (including phenoxy) is 1. The van der Waals surface area contributed by atoms with Gasteiger partial charge in [-0.1, -0.05) is 19.1 Å². The van der Waals surface area contributed by atoms with Crippen LogP contribution in [0.5, 0.6) is 0 Å². The van der Waals surface area contributed by atoms with E-state index in [-0.39, 0.29) is 36.0 Å². The van der Waals surface area contributed by atoms with Crippen LogP contribution in [-0.4, -0.2) is 24.6 Å². The summed E-state index contributed by atoms with van der Waals surface area (Å²) in [6.45, 7) is 6.27. The van der Waals surface area contributed by atoms with Crippen LogP contribution in [-0.2, 0) is 16.0 Å². The molecular formula is C16H26IN3O2. The van der Waals surface area contributed by atoms with E-state index < -0.39 is 0 Å². The van der Waals surface area contributed by atoms with Crippen LogP contribution in [0.25, 0.3) is 0 Å². The average molecular weight is 419 g/mol. The van der Waals surface area contributed by atoms with Crippen LogP contribution >= 0.6 is 24.0 Å². The van der Waals surface area contributed by atoms with Crippen molar-refractivity contribution in [1.82, 2.24) is 0 Å². The van der Waals surface area contributed by atoms with Gasteiger partial charge in [0.2, 0.25) is 0 Å². The Hall–Kier alpha value is -1.31. The van der Waals surface area contributed by atoms with Gasteiger partial charge in [0, 0.05) is 18.7 Å². The van der Waals surface area contributed by atoms with Gasteiger partial charge in [-0.25, -0.2) is 0 Å². The van der Waals surface area contributed by atoms with E-state index in [0.717, 1.165) is 12.1 Å². The summed E-state index contributed by atoms with van der Waals surface area (Å²) in [5.74, 6) is 0.169. The number of hydrogen-bond donors (Lipinski definition) is 2. The predicted octanol–water partition coefficient (Wildman–Crippen LogP) is 3.33. The minimum absolute atomic E-state index is 0. The van der Waals surface area contributed by atoms with Gasteiger partial charge in [-0.15, -0.1) is 24.0 Å². The fraction of sp³-hybridized carbons (Fsp3) is 0.500. The van der Waals surface area contributed by atoms with Crippen molar-refractivity contribution >= 4 is 41.6 Å². The van der Waals surface area contributed by atoms with Gasteiger partial charge >= 0.3 is 5.97 Å². The number of aliphatic imine (C=N–C) groups is 1. The Kier molecular flexibility index (Phi) is 10.6. The highest BCUT2D eigenvalue weighted by Crippen LogP contribution is 2.10. The molecule has 0 aromatic heterocycles. The normalized spacial score (nSPS) is 11.0. The molecule has 0 saturated carbocycles. The lowest BCUT2D eigenvalue weighted by Gasteiger charge is -2.08. The topological polar surface area (TPSA) is 76.7 Å². The Morgan fingerprint density at radius 2 is 2.14 bits per heavy atom. The first-order valence-corrected chi connectivity index (χ1v) is 7.36. The molecule has 5 nitrogen and oxygen atoms in total. The summed E-state index contributed by atoms with van der Waals surface area (Å²) in [4.78, 5) is 15.5. The van der Waals surface area contributed by atoms with Crippen LogP contribution < -0.4 is 11.1 Å². The van der Waals surface area contributed by atoms with Crippen molar-refractivity contribution in [2.24, 2.45) is 10.7 Å². The molecule has 0 aliphatic heterocycles. The van der Waals surface area contributed by atoms with Crippen LogP contribution in [0.15, 0.2) is 29.3 Å². The number of carbonyl (C=O) groups is 1. The van der Waals surface area contributed by atoms with Crippen LogP contribution in [0.3, 0.4) is 0 Å². The lowest BCUT2D eigenvalue weighted by atomic mass is 10.1. The quantitative estimate of drug-likeness (QED) is 0.234. The molecule has 1 aromatic carbocycles. The number of nitrogens with one attached hydrogen (secondary N) is 1. The molecule has 6 heteroatoms. The van der Waals surface area contributed by atoms with Crippen LogP contribution in [0.2, 0.25) is 0 Å². The number of carbonyl (C=O) groups excluding carboxylic acids is 1. The molecule has 0 radical (unpaired) electrons. The number of rotatable bonds is 7. The van der Waals surface area contributed by atoms with E-state index >= 15 is 0 Å². The monoisotopic (exact) mass is 419 g/mol. The summed E-state index contributed by atoms with van der Waals surface area (Å²) in [7, 11) is 0. The van der Waals surface area contributed by atoms with Gasteiger partial charge in [0.1, 0.15) is 0 Å². The molecule has 1 rings (SSSR count). The van der Waals surface area contributed by atoms with Crippen LogP contribution in [0.1, 0.15) is 39.2 Å². The largest absolute Gasteiger partial charge is 0.463 e. The maximum absolute atomic E-state index is 11.3. The smallest absolute Gasteiger partial charge is 0.306 e. The molecule has 0 saturated heterocycles. The summed E-state index contributed by atoms with van der Waals surface area (Å²) in [5.41, 5.74) is 7.98. The maximum atomic E-state index is 11.3. The van der Waals surface area contributed by atoms with Gasteiger partial charge in [0.05, 0.1) is 6.10 Å². The zero-order valence-corrected chi connectivity index (χ0v) is 15.8. The third-order valence-corrected chi connectivity index (χ3v) is 2.80. The number of guanidine groups is 1. The first-order chi connectivity index (χ1) is 10.0. The Labute approximate surface area is 149 Å². The lowest BCUT2D eigenvalue weighted by molar-refractivity contribution is -0.147. The van der Waals surface area contributed by atoms with Crippen molar-refractivity contribution in [2.75, 3.05) is 11.9 Å². The molecule has 0 spiro atoms. The number of anilines is 1. The van der Waals surface area contributed by atoms with Crippen LogP contribution in [0.4, 0.5) is 5.69 Å². The molecule has 0 unspecified atom stereocenters. The number of nitrogens with zero attached hydrogens (tertiary/aromatic N) is 1. The van der Waals surface area contributed by atoms with Crippen LogP contribution in [0, 0.1) is 0 Å². The van der Waals surface area contributed by atoms with Crippen molar-refractivity contribution in [1.29, 1.82) is 0 Å². The highest BCUT2D eigenvalue weighted by atomic mass is 127. The first-order valence-electron chi connectivity index (χ1n) is 7.36. The van der Waals surface area contributed by atoms with E-state index in [1.54, 1.807) is 0 Å². The van der Waals surface area contributed by atoms with Gasteiger partial charge in [-0.2, -0.15) is 0 Å². The van der Waals surface area contributed by atoms with Gasteiger partial charge in [0.25, 0.3) is 0 Å². The number of aryl methyl sites for hydroxylation is 1. The minimum Gasteiger partial charge on any atom is -0.463 e. The number of benzene rings is 1. The van der Waals surface area contributed by atoms with E-state index in [2.05, 4.69) is 23.3 Å². The number of nitrogens with two attached hydrogens (primary N) is 1. The predicted molar refractivity (Wildman–Crippen MR) is 102 cm³/mol. The highest BCUT2D eigenvalue weighted by molar-refractivity contribution is 14.0. The average Bonchev–Trinajstić information content (AvgIpc) is 2.43. The van der Waals surface area contributed by atoms with Crippen molar-refractivity contribution < 1.29 is 9.53 Å². The summed E-state index contributed by atoms with van der Waals surface area (Å²) in [5, 5.41) is 3.05. The summed E-state index contributed by atoms with van der Waals surface area (Å²) < 4.78 is 5.04. The van der Waals surface area contributed by atoms with E-state index in [0.29, 0.717) is 25.3 Å². The molecule has 0 fully saturated rings. The van der Waals surface area contributed by atoms with E-state index in [9.17, 15) is 4.79 Å². The molecule has 0 amide bonds. The SMILES string of the molecule is CCc1cccc(NC(N)=NCCCC(=O)OC(C)C)c1.I. The standard InChI is InChI=1S/C16H25N3O2.HI/c1-4-13-7-5-8-14(11-13)19-16(17)18-10-6-9-15(20)21-12(2)3;/h5,7-8,11-12H,4,6,9-10H2,1-3H3,(H3,17,18,19);1H. The minimum atomic E-state index is -0.192. The van der Waals surface area contributed by atoms with Crippen molar-refractivity contribution in [3.8, 4) is 0 Å². The van der Waals surface area contributed by atoms with Gasteiger partial charge in [-0.05, 0) is 44.4 Å². The Balaban J connectivity index is 0.00000441. The maximum Gasteiger partial charge on any atom is 0.306 e. The second-order valence-electron chi connectivity index (χ2n) is 5.09. The fourth-order valence-corrected chi connectivity index (χ4v) is 1.80. The van der Waals surface area contributed by atoms with Crippen molar-refractivity contribution in [2.45, 2.75) is 46.1 Å². The van der Waals surface area contributed by atoms with Gasteiger partial charge in [-0.3, -0.25) is 9.79 Å².